The van der Waals surface area contributed by atoms with Crippen LogP contribution in [-0.4, -0.2) is 54.9 Å². The Hall–Kier alpha value is -3.34. The van der Waals surface area contributed by atoms with Gasteiger partial charge in [0.1, 0.15) is 17.8 Å². The molecule has 0 spiro atoms. The van der Waals surface area contributed by atoms with E-state index in [0.29, 0.717) is 23.6 Å². The maximum Gasteiger partial charge on any atom is 0.452 e. The molecular formula is C30H37ClF3N3O5. The number of hydrogen-bond donors (Lipinski definition) is 3. The molecule has 0 aliphatic heterocycles. The SMILES string of the molecule is COC1=CCC(C)([C@H](NC(=O)[C@H](C)NC(=O)C2(c3cccc(Cl)c3)CCC2)C(=O)N[C@H](C(=O)C(F)(F)F)C(C)C)C=C1. The van der Waals surface area contributed by atoms with Crippen molar-refractivity contribution in [3.05, 3.63) is 58.8 Å². The molecule has 0 radical (unpaired) electrons. The first-order chi connectivity index (χ1) is 19.5. The molecule has 2 aliphatic rings. The molecule has 1 saturated carbocycles. The molecule has 3 rings (SSSR count). The predicted molar refractivity (Wildman–Crippen MR) is 151 cm³/mol. The normalized spacial score (nSPS) is 21.7. The minimum Gasteiger partial charge on any atom is -0.497 e. The minimum atomic E-state index is -5.16. The van der Waals surface area contributed by atoms with E-state index in [4.69, 9.17) is 16.3 Å². The molecule has 12 heteroatoms. The second-order valence-corrected chi connectivity index (χ2v) is 12.0. The quantitative estimate of drug-likeness (QED) is 0.341. The zero-order valence-electron chi connectivity index (χ0n) is 24.2. The fourth-order valence-corrected chi connectivity index (χ4v) is 5.39. The van der Waals surface area contributed by atoms with Crippen molar-refractivity contribution in [2.45, 2.75) is 83.1 Å². The number of benzene rings is 1. The number of alkyl halides is 3. The third-order valence-corrected chi connectivity index (χ3v) is 8.34. The van der Waals surface area contributed by atoms with Crippen LogP contribution in [0.15, 0.2) is 48.3 Å². The smallest absolute Gasteiger partial charge is 0.452 e. The van der Waals surface area contributed by atoms with Gasteiger partial charge < -0.3 is 20.7 Å². The third kappa shape index (κ3) is 7.17. The van der Waals surface area contributed by atoms with Crippen LogP contribution < -0.4 is 16.0 Å². The number of rotatable bonds is 11. The summed E-state index contributed by atoms with van der Waals surface area (Å²) in [4.78, 5) is 52.4. The summed E-state index contributed by atoms with van der Waals surface area (Å²) in [5.41, 5.74) is -1.21. The number of Topliss-reactive ketones (excluding diaryl/α,β-unsaturated/α-hetero) is 1. The van der Waals surface area contributed by atoms with Crippen molar-refractivity contribution in [1.82, 2.24) is 16.0 Å². The van der Waals surface area contributed by atoms with Gasteiger partial charge in [0.05, 0.1) is 18.6 Å². The van der Waals surface area contributed by atoms with E-state index >= 15 is 0 Å². The number of carbonyl (C=O) groups is 4. The maximum absolute atomic E-state index is 13.5. The molecular weight excluding hydrogens is 575 g/mol. The van der Waals surface area contributed by atoms with E-state index in [-0.39, 0.29) is 12.3 Å². The lowest BCUT2D eigenvalue weighted by molar-refractivity contribution is -0.175. The van der Waals surface area contributed by atoms with Crippen molar-refractivity contribution < 1.29 is 37.1 Å². The molecule has 2 aliphatic carbocycles. The lowest BCUT2D eigenvalue weighted by Gasteiger charge is -2.41. The second-order valence-electron chi connectivity index (χ2n) is 11.5. The van der Waals surface area contributed by atoms with E-state index in [1.807, 2.05) is 0 Å². The van der Waals surface area contributed by atoms with Crippen LogP contribution in [0.5, 0.6) is 0 Å². The summed E-state index contributed by atoms with van der Waals surface area (Å²) in [6.45, 7) is 5.87. The van der Waals surface area contributed by atoms with Crippen LogP contribution in [0.2, 0.25) is 5.02 Å². The fourth-order valence-electron chi connectivity index (χ4n) is 5.20. The molecule has 42 heavy (non-hydrogen) atoms. The zero-order valence-corrected chi connectivity index (χ0v) is 25.0. The van der Waals surface area contributed by atoms with Gasteiger partial charge in [-0.15, -0.1) is 0 Å². The number of ether oxygens (including phenoxy) is 1. The molecule has 8 nitrogen and oxygen atoms in total. The van der Waals surface area contributed by atoms with Crippen LogP contribution in [0.1, 0.15) is 58.9 Å². The molecule has 1 aromatic rings. The summed E-state index contributed by atoms with van der Waals surface area (Å²) in [5, 5.41) is 8.05. The Morgan fingerprint density at radius 3 is 2.17 bits per heavy atom. The first-order valence-electron chi connectivity index (χ1n) is 13.8. The molecule has 4 atom stereocenters. The van der Waals surface area contributed by atoms with Gasteiger partial charge in [-0.25, -0.2) is 0 Å². The molecule has 0 heterocycles. The number of nitrogens with one attached hydrogen (secondary N) is 3. The van der Waals surface area contributed by atoms with Crippen LogP contribution in [0.4, 0.5) is 13.2 Å². The van der Waals surface area contributed by atoms with Crippen molar-refractivity contribution in [3.63, 3.8) is 0 Å². The highest BCUT2D eigenvalue weighted by Crippen LogP contribution is 2.44. The average molecular weight is 612 g/mol. The van der Waals surface area contributed by atoms with E-state index in [9.17, 15) is 32.3 Å². The van der Waals surface area contributed by atoms with E-state index in [1.54, 1.807) is 49.4 Å². The van der Waals surface area contributed by atoms with Crippen LogP contribution in [0.25, 0.3) is 0 Å². The van der Waals surface area contributed by atoms with Gasteiger partial charge >= 0.3 is 6.18 Å². The third-order valence-electron chi connectivity index (χ3n) is 8.10. The van der Waals surface area contributed by atoms with Crippen molar-refractivity contribution in [3.8, 4) is 0 Å². The molecule has 0 saturated heterocycles. The van der Waals surface area contributed by atoms with Crippen molar-refractivity contribution in [2.75, 3.05) is 7.11 Å². The predicted octanol–water partition coefficient (Wildman–Crippen LogP) is 4.52. The topological polar surface area (TPSA) is 114 Å². The summed E-state index contributed by atoms with van der Waals surface area (Å²) in [5.74, 6) is -4.51. The van der Waals surface area contributed by atoms with Crippen LogP contribution in [-0.2, 0) is 29.3 Å². The lowest BCUT2D eigenvalue weighted by atomic mass is 9.63. The Balaban J connectivity index is 1.83. The summed E-state index contributed by atoms with van der Waals surface area (Å²) < 4.78 is 45.1. The molecule has 1 aromatic carbocycles. The molecule has 3 amide bonds. The van der Waals surface area contributed by atoms with Crippen molar-refractivity contribution in [2.24, 2.45) is 11.3 Å². The Kier molecular flexibility index (Phi) is 10.2. The van der Waals surface area contributed by atoms with Gasteiger partial charge in [0.15, 0.2) is 0 Å². The van der Waals surface area contributed by atoms with Crippen molar-refractivity contribution >= 4 is 35.1 Å². The van der Waals surface area contributed by atoms with Gasteiger partial charge in [-0.05, 0) is 62.0 Å². The summed E-state index contributed by atoms with van der Waals surface area (Å²) in [6.07, 6.45) is 1.89. The maximum atomic E-state index is 13.5. The van der Waals surface area contributed by atoms with E-state index in [0.717, 1.165) is 12.0 Å². The summed E-state index contributed by atoms with van der Waals surface area (Å²) in [7, 11) is 1.46. The first kappa shape index (κ1) is 33.2. The van der Waals surface area contributed by atoms with Gasteiger partial charge in [-0.1, -0.05) is 57.0 Å². The van der Waals surface area contributed by atoms with Crippen LogP contribution in [0, 0.1) is 11.3 Å². The monoisotopic (exact) mass is 611 g/mol. The second kappa shape index (κ2) is 12.9. The molecule has 0 aromatic heterocycles. The number of carbonyl (C=O) groups excluding carboxylic acids is 4. The number of hydrogen-bond acceptors (Lipinski definition) is 5. The van der Waals surface area contributed by atoms with E-state index < -0.39 is 58.6 Å². The van der Waals surface area contributed by atoms with Crippen molar-refractivity contribution in [1.29, 1.82) is 0 Å². The van der Waals surface area contributed by atoms with Gasteiger partial charge in [0, 0.05) is 10.4 Å². The highest BCUT2D eigenvalue weighted by molar-refractivity contribution is 6.30. The minimum absolute atomic E-state index is 0.198. The standard InChI is InChI=1S/C30H37ClF3N3O5/c1-17(2)22(24(38)30(32,33)34)36-26(40)23(28(4)14-10-21(42-5)11-15-28)37-25(39)18(3)35-27(41)29(12-7-13-29)19-8-6-9-20(31)16-19/h6,8-11,14,16-18,22-23H,7,12-13,15H2,1-5H3,(H,35,41)(H,36,40)(H,37,39)/t18-,22-,23+,28?/m0/s1. The van der Waals surface area contributed by atoms with Gasteiger partial charge in [-0.3, -0.25) is 19.2 Å². The molecule has 0 bridgehead atoms. The highest BCUT2D eigenvalue weighted by Gasteiger charge is 2.48. The zero-order chi connectivity index (χ0) is 31.5. The van der Waals surface area contributed by atoms with Gasteiger partial charge in [0.25, 0.3) is 5.78 Å². The number of methoxy groups -OCH3 is 1. The highest BCUT2D eigenvalue weighted by atomic mass is 35.5. The fraction of sp³-hybridized carbons (Fsp3) is 0.533. The molecule has 1 unspecified atom stereocenters. The summed E-state index contributed by atoms with van der Waals surface area (Å²) >= 11 is 6.15. The van der Waals surface area contributed by atoms with E-state index in [2.05, 4.69) is 16.0 Å². The number of halogens is 4. The first-order valence-corrected chi connectivity index (χ1v) is 14.1. The lowest BCUT2D eigenvalue weighted by Crippen LogP contribution is -2.62. The van der Waals surface area contributed by atoms with E-state index in [1.165, 1.54) is 27.9 Å². The molecule has 3 N–H and O–H groups in total. The Labute approximate surface area is 248 Å². The number of ketones is 1. The van der Waals surface area contributed by atoms with Gasteiger partial charge in [0.2, 0.25) is 17.7 Å². The summed E-state index contributed by atoms with van der Waals surface area (Å²) in [6, 6.07) is 2.64. The molecule has 1 fully saturated rings. The number of allylic oxidation sites excluding steroid dienone is 2. The van der Waals surface area contributed by atoms with Crippen LogP contribution in [0.3, 0.4) is 0 Å². The average Bonchev–Trinajstić information content (AvgIpc) is 2.88. The Morgan fingerprint density at radius 2 is 1.69 bits per heavy atom. The largest absolute Gasteiger partial charge is 0.497 e. The van der Waals surface area contributed by atoms with Gasteiger partial charge in [-0.2, -0.15) is 13.2 Å². The Bertz CT molecular complexity index is 1270. The molecule has 230 valence electrons. The Morgan fingerprint density at radius 1 is 1.02 bits per heavy atom. The van der Waals surface area contributed by atoms with Crippen LogP contribution >= 0.6 is 11.6 Å². The number of amides is 3.